The lowest BCUT2D eigenvalue weighted by Crippen LogP contribution is -2.55. The molecule has 0 aromatic heterocycles. The third kappa shape index (κ3) is 15.4. The first-order valence-corrected chi connectivity index (χ1v) is 17.6. The lowest BCUT2D eigenvalue weighted by molar-refractivity contribution is -0.159. The smallest absolute Gasteiger partial charge is 0.408 e. The molecule has 11 heteroatoms. The highest BCUT2D eigenvalue weighted by atomic mass is 16.6. The first kappa shape index (κ1) is 41.8. The van der Waals surface area contributed by atoms with Gasteiger partial charge in [0.25, 0.3) is 0 Å². The first-order valence-electron chi connectivity index (χ1n) is 17.6. The summed E-state index contributed by atoms with van der Waals surface area (Å²) in [6, 6.07) is 13.0. The van der Waals surface area contributed by atoms with Crippen LogP contribution in [0.15, 0.2) is 54.6 Å². The predicted octanol–water partition coefficient (Wildman–Crippen LogP) is 6.06. The summed E-state index contributed by atoms with van der Waals surface area (Å²) in [5, 5.41) is 5.54. The number of hydrogen-bond acceptors (Lipinski definition) is 7. The zero-order valence-corrected chi connectivity index (χ0v) is 31.2. The molecule has 3 unspecified atom stereocenters. The van der Waals surface area contributed by atoms with Crippen molar-refractivity contribution in [2.24, 2.45) is 5.73 Å². The third-order valence-corrected chi connectivity index (χ3v) is 7.70. The van der Waals surface area contributed by atoms with Crippen LogP contribution in [0.3, 0.4) is 0 Å². The SMILES string of the molecule is CCCCCCCN(C(=O)C(CCC(N)=O)NC(=O)OC(C)(C)C)C(C(=O)NC(Cc1ccccc1)C(=O)OC(C)(C)C)c1ccc(C)cc1. The number of nitrogens with zero attached hydrogens (tertiary/aromatic N) is 1. The van der Waals surface area contributed by atoms with Gasteiger partial charge in [-0.25, -0.2) is 9.59 Å². The van der Waals surface area contributed by atoms with Crippen LogP contribution in [-0.4, -0.2) is 64.5 Å². The van der Waals surface area contributed by atoms with Crippen molar-refractivity contribution in [2.45, 2.75) is 136 Å². The molecule has 4 N–H and O–H groups in total. The lowest BCUT2D eigenvalue weighted by atomic mass is 9.98. The van der Waals surface area contributed by atoms with Gasteiger partial charge in [-0.15, -0.1) is 0 Å². The average Bonchev–Trinajstić information content (AvgIpc) is 3.01. The molecule has 0 bridgehead atoms. The van der Waals surface area contributed by atoms with E-state index in [1.807, 2.05) is 49.4 Å². The van der Waals surface area contributed by atoms with Crippen LogP contribution in [0.25, 0.3) is 0 Å². The number of amides is 4. The van der Waals surface area contributed by atoms with Crippen molar-refractivity contribution in [3.8, 4) is 0 Å². The van der Waals surface area contributed by atoms with Crippen LogP contribution in [0.2, 0.25) is 0 Å². The van der Waals surface area contributed by atoms with Crippen LogP contribution in [0.4, 0.5) is 4.79 Å². The lowest BCUT2D eigenvalue weighted by Gasteiger charge is -2.35. The number of carbonyl (C=O) groups is 5. The van der Waals surface area contributed by atoms with Crippen molar-refractivity contribution in [1.29, 1.82) is 0 Å². The van der Waals surface area contributed by atoms with E-state index in [-0.39, 0.29) is 25.8 Å². The molecule has 4 amide bonds. The molecule has 0 aliphatic rings. The molecule has 0 aliphatic carbocycles. The van der Waals surface area contributed by atoms with Crippen LogP contribution in [0.5, 0.6) is 0 Å². The summed E-state index contributed by atoms with van der Waals surface area (Å²) in [6.07, 6.45) is 3.41. The number of ether oxygens (including phenoxy) is 2. The number of nitrogens with two attached hydrogens (primary N) is 1. The van der Waals surface area contributed by atoms with Gasteiger partial charge in [0.2, 0.25) is 17.7 Å². The molecule has 0 aliphatic heterocycles. The van der Waals surface area contributed by atoms with E-state index in [1.54, 1.807) is 53.7 Å². The molecular formula is C39H58N4O7. The summed E-state index contributed by atoms with van der Waals surface area (Å²) < 4.78 is 11.2. The molecule has 11 nitrogen and oxygen atoms in total. The number of hydrogen-bond donors (Lipinski definition) is 3. The quantitative estimate of drug-likeness (QED) is 0.126. The summed E-state index contributed by atoms with van der Waals surface area (Å²) in [6.45, 7) is 14.6. The Kier molecular flexibility index (Phi) is 16.4. The molecule has 0 spiro atoms. The van der Waals surface area contributed by atoms with Gasteiger partial charge in [-0.05, 0) is 72.4 Å². The maximum Gasteiger partial charge on any atom is 0.408 e. The van der Waals surface area contributed by atoms with Crippen molar-refractivity contribution in [2.75, 3.05) is 6.54 Å². The Balaban J connectivity index is 2.64. The molecule has 0 heterocycles. The van der Waals surface area contributed by atoms with Crippen molar-refractivity contribution >= 4 is 29.8 Å². The van der Waals surface area contributed by atoms with Crippen LogP contribution < -0.4 is 16.4 Å². The highest BCUT2D eigenvalue weighted by Crippen LogP contribution is 2.26. The topological polar surface area (TPSA) is 157 Å². The van der Waals surface area contributed by atoms with Gasteiger partial charge in [-0.2, -0.15) is 0 Å². The highest BCUT2D eigenvalue weighted by Gasteiger charge is 2.38. The molecule has 3 atom stereocenters. The predicted molar refractivity (Wildman–Crippen MR) is 194 cm³/mol. The fraction of sp³-hybridized carbons (Fsp3) is 0.564. The molecule has 2 aromatic rings. The summed E-state index contributed by atoms with van der Waals surface area (Å²) in [4.78, 5) is 69.0. The van der Waals surface area contributed by atoms with Gasteiger partial charge < -0.3 is 30.7 Å². The van der Waals surface area contributed by atoms with Crippen LogP contribution >= 0.6 is 0 Å². The molecule has 276 valence electrons. The van der Waals surface area contributed by atoms with E-state index in [0.29, 0.717) is 12.0 Å². The van der Waals surface area contributed by atoms with E-state index in [0.717, 1.165) is 36.8 Å². The Morgan fingerprint density at radius 2 is 1.38 bits per heavy atom. The molecule has 0 fully saturated rings. The number of nitrogens with one attached hydrogen (secondary N) is 2. The van der Waals surface area contributed by atoms with E-state index in [2.05, 4.69) is 17.6 Å². The largest absolute Gasteiger partial charge is 0.458 e. The number of rotatable bonds is 18. The fourth-order valence-corrected chi connectivity index (χ4v) is 5.33. The monoisotopic (exact) mass is 694 g/mol. The molecule has 2 aromatic carbocycles. The van der Waals surface area contributed by atoms with Gasteiger partial charge in [0.05, 0.1) is 0 Å². The van der Waals surface area contributed by atoms with Crippen LogP contribution in [0, 0.1) is 6.92 Å². The Morgan fingerprint density at radius 1 is 0.780 bits per heavy atom. The van der Waals surface area contributed by atoms with E-state index >= 15 is 0 Å². The maximum absolute atomic E-state index is 14.6. The zero-order chi connectivity index (χ0) is 37.5. The van der Waals surface area contributed by atoms with E-state index in [9.17, 15) is 24.0 Å². The number of unbranched alkanes of at least 4 members (excludes halogenated alkanes) is 4. The Labute approximate surface area is 298 Å². The van der Waals surface area contributed by atoms with Gasteiger partial charge in [-0.3, -0.25) is 14.4 Å². The Hall–Kier alpha value is -4.41. The number of alkyl carbamates (subject to hydrolysis) is 1. The van der Waals surface area contributed by atoms with Crippen LogP contribution in [-0.2, 0) is 35.1 Å². The fourth-order valence-electron chi connectivity index (χ4n) is 5.33. The normalized spacial score (nSPS) is 13.4. The second-order valence-electron chi connectivity index (χ2n) is 14.7. The van der Waals surface area contributed by atoms with Gasteiger partial charge in [0.1, 0.15) is 29.3 Å². The number of esters is 1. The van der Waals surface area contributed by atoms with E-state index in [1.165, 1.54) is 4.90 Å². The standard InChI is InChI=1S/C39H58N4O7/c1-9-10-11-12-16-25-43(35(46)30(23-24-32(40)44)42-37(48)50-39(6,7)8)33(29-21-19-27(2)20-22-29)34(45)41-31(36(47)49-38(3,4)5)26-28-17-14-13-15-18-28/h13-15,17-22,30-31,33H,9-12,16,23-26H2,1-8H3,(H2,40,44)(H,41,45)(H,42,48). The number of aryl methyl sites for hydroxylation is 1. The van der Waals surface area contributed by atoms with Crippen molar-refractivity contribution in [1.82, 2.24) is 15.5 Å². The number of primary amides is 1. The highest BCUT2D eigenvalue weighted by molar-refractivity contribution is 5.94. The van der Waals surface area contributed by atoms with Gasteiger partial charge in [-0.1, -0.05) is 92.8 Å². The zero-order valence-electron chi connectivity index (χ0n) is 31.2. The number of benzene rings is 2. The van der Waals surface area contributed by atoms with Crippen molar-refractivity contribution in [3.63, 3.8) is 0 Å². The van der Waals surface area contributed by atoms with Gasteiger partial charge in [0.15, 0.2) is 0 Å². The molecule has 0 saturated carbocycles. The molecule has 0 saturated heterocycles. The van der Waals surface area contributed by atoms with Gasteiger partial charge >= 0.3 is 12.1 Å². The van der Waals surface area contributed by atoms with Crippen LogP contribution in [0.1, 0.15) is 116 Å². The second-order valence-corrected chi connectivity index (χ2v) is 14.7. The third-order valence-electron chi connectivity index (χ3n) is 7.70. The number of carbonyl (C=O) groups excluding carboxylic acids is 5. The molecule has 2 rings (SSSR count). The van der Waals surface area contributed by atoms with Crippen molar-refractivity contribution in [3.05, 3.63) is 71.3 Å². The summed E-state index contributed by atoms with van der Waals surface area (Å²) >= 11 is 0. The van der Waals surface area contributed by atoms with Crippen molar-refractivity contribution < 1.29 is 33.4 Å². The van der Waals surface area contributed by atoms with E-state index < -0.39 is 59.1 Å². The Morgan fingerprint density at radius 3 is 1.94 bits per heavy atom. The minimum Gasteiger partial charge on any atom is -0.458 e. The summed E-state index contributed by atoms with van der Waals surface area (Å²) in [7, 11) is 0. The summed E-state index contributed by atoms with van der Waals surface area (Å²) in [5.74, 6) is -2.42. The Bertz CT molecular complexity index is 1400. The first-order chi connectivity index (χ1) is 23.4. The molecular weight excluding hydrogens is 636 g/mol. The second kappa shape index (κ2) is 19.7. The maximum atomic E-state index is 14.6. The average molecular weight is 695 g/mol. The van der Waals surface area contributed by atoms with E-state index in [4.69, 9.17) is 15.2 Å². The van der Waals surface area contributed by atoms with Gasteiger partial charge in [0, 0.05) is 19.4 Å². The molecule has 0 radical (unpaired) electrons. The minimum atomic E-state index is -1.22. The minimum absolute atomic E-state index is 0.101. The summed E-state index contributed by atoms with van der Waals surface area (Å²) in [5.41, 5.74) is 6.09. The molecule has 50 heavy (non-hydrogen) atoms.